The second-order valence-corrected chi connectivity index (χ2v) is 5.74. The normalized spacial score (nSPS) is 11.0. The van der Waals surface area contributed by atoms with Gasteiger partial charge in [0.2, 0.25) is 5.95 Å². The number of hydrogen-bond acceptors (Lipinski definition) is 6. The number of benzene rings is 1. The van der Waals surface area contributed by atoms with Gasteiger partial charge in [-0.25, -0.2) is 0 Å². The Labute approximate surface area is 127 Å². The van der Waals surface area contributed by atoms with Crippen molar-refractivity contribution in [1.82, 2.24) is 15.0 Å². The highest BCUT2D eigenvalue weighted by atomic mass is 32.1. The van der Waals surface area contributed by atoms with E-state index in [-0.39, 0.29) is 6.10 Å². The lowest BCUT2D eigenvalue weighted by atomic mass is 10.1. The van der Waals surface area contributed by atoms with Crippen LogP contribution in [-0.2, 0) is 0 Å². The zero-order valence-electron chi connectivity index (χ0n) is 12.1. The molecule has 5 nitrogen and oxygen atoms in total. The maximum Gasteiger partial charge on any atom is 0.322 e. The molecular weight excluding hydrogens is 284 g/mol. The predicted molar refractivity (Wildman–Crippen MR) is 86.0 cm³/mol. The summed E-state index contributed by atoms with van der Waals surface area (Å²) in [6, 6.07) is 8.55. The van der Waals surface area contributed by atoms with Crippen molar-refractivity contribution in [3.8, 4) is 17.4 Å². The Hall–Kier alpha value is -2.21. The zero-order chi connectivity index (χ0) is 14.8. The number of fused-ring (bicyclic) bond motifs is 1. The summed E-state index contributed by atoms with van der Waals surface area (Å²) in [5.41, 5.74) is 0.995. The van der Waals surface area contributed by atoms with E-state index in [1.807, 2.05) is 26.0 Å². The van der Waals surface area contributed by atoms with Gasteiger partial charge in [-0.3, -0.25) is 0 Å². The number of nitrogens with zero attached hydrogens (tertiary/aromatic N) is 3. The first-order valence-electron chi connectivity index (χ1n) is 6.74. The minimum Gasteiger partial charge on any atom is -0.461 e. The average Bonchev–Trinajstić information content (AvgIpc) is 2.94. The van der Waals surface area contributed by atoms with E-state index in [2.05, 4.69) is 37.8 Å². The molecule has 0 amide bonds. The van der Waals surface area contributed by atoms with Gasteiger partial charge in [-0.1, -0.05) is 12.1 Å². The van der Waals surface area contributed by atoms with Gasteiger partial charge >= 0.3 is 6.01 Å². The molecule has 0 radical (unpaired) electrons. The predicted octanol–water partition coefficient (Wildman–Crippen LogP) is 3.58. The molecular formula is C15H16N4OS. The van der Waals surface area contributed by atoms with Crippen LogP contribution in [0.4, 0.5) is 5.95 Å². The van der Waals surface area contributed by atoms with Crippen molar-refractivity contribution < 1.29 is 4.74 Å². The fourth-order valence-corrected chi connectivity index (χ4v) is 2.93. The van der Waals surface area contributed by atoms with Gasteiger partial charge in [-0.15, -0.1) is 11.3 Å². The van der Waals surface area contributed by atoms with Gasteiger partial charge in [0.25, 0.3) is 0 Å². The monoisotopic (exact) mass is 300 g/mol. The molecule has 0 bridgehead atoms. The van der Waals surface area contributed by atoms with Crippen LogP contribution in [0.25, 0.3) is 21.5 Å². The molecule has 2 aromatic heterocycles. The molecule has 0 atom stereocenters. The summed E-state index contributed by atoms with van der Waals surface area (Å²) in [5.74, 6) is 1.13. The summed E-state index contributed by atoms with van der Waals surface area (Å²) in [6.07, 6.45) is 0.0162. The van der Waals surface area contributed by atoms with Gasteiger partial charge in [0, 0.05) is 17.3 Å². The first kappa shape index (κ1) is 13.8. The molecule has 1 aromatic carbocycles. The minimum atomic E-state index is 0.0162. The number of nitrogens with one attached hydrogen (secondary N) is 1. The topological polar surface area (TPSA) is 59.9 Å². The molecule has 1 N–H and O–H groups in total. The maximum absolute atomic E-state index is 5.61. The van der Waals surface area contributed by atoms with Crippen molar-refractivity contribution in [2.75, 3.05) is 12.4 Å². The van der Waals surface area contributed by atoms with Crippen LogP contribution < -0.4 is 10.1 Å². The quantitative estimate of drug-likeness (QED) is 0.798. The van der Waals surface area contributed by atoms with Gasteiger partial charge in [0.15, 0.2) is 5.82 Å². The number of anilines is 1. The summed E-state index contributed by atoms with van der Waals surface area (Å²) in [5, 5.41) is 6.21. The van der Waals surface area contributed by atoms with Crippen LogP contribution in [-0.4, -0.2) is 28.1 Å². The average molecular weight is 300 g/mol. The van der Waals surface area contributed by atoms with Crippen molar-refractivity contribution >= 4 is 27.4 Å². The molecule has 0 fully saturated rings. The summed E-state index contributed by atoms with van der Waals surface area (Å²) < 4.78 is 6.78. The molecule has 3 aromatic rings. The highest BCUT2D eigenvalue weighted by Gasteiger charge is 2.13. The van der Waals surface area contributed by atoms with Crippen LogP contribution in [0.5, 0.6) is 6.01 Å². The zero-order valence-corrected chi connectivity index (χ0v) is 12.9. The van der Waals surface area contributed by atoms with Gasteiger partial charge in [-0.05, 0) is 36.7 Å². The van der Waals surface area contributed by atoms with E-state index in [0.29, 0.717) is 17.8 Å². The lowest BCUT2D eigenvalue weighted by Crippen LogP contribution is -2.11. The SMILES string of the molecule is CNc1nc(OC(C)C)nc(-c2cccc3ccsc23)n1. The van der Waals surface area contributed by atoms with Gasteiger partial charge in [0.05, 0.1) is 6.10 Å². The Bertz CT molecular complexity index is 769. The molecule has 0 spiro atoms. The van der Waals surface area contributed by atoms with Crippen LogP contribution in [0.1, 0.15) is 13.8 Å². The molecule has 0 aliphatic rings. The second kappa shape index (κ2) is 5.65. The Kier molecular flexibility index (Phi) is 3.70. The standard InChI is InChI=1S/C15H16N4OS/c1-9(2)20-15-18-13(17-14(16-3)19-15)11-6-4-5-10-7-8-21-12(10)11/h4-9H,1-3H3,(H,16,17,18,19). The third-order valence-corrected chi connectivity index (χ3v) is 3.86. The molecule has 2 heterocycles. The Balaban J connectivity index is 2.14. The van der Waals surface area contributed by atoms with Crippen molar-refractivity contribution in [3.05, 3.63) is 29.6 Å². The van der Waals surface area contributed by atoms with Gasteiger partial charge < -0.3 is 10.1 Å². The van der Waals surface area contributed by atoms with E-state index < -0.39 is 0 Å². The Morgan fingerprint density at radius 2 is 2.00 bits per heavy atom. The van der Waals surface area contributed by atoms with Gasteiger partial charge in [-0.2, -0.15) is 15.0 Å². The number of hydrogen-bond donors (Lipinski definition) is 1. The largest absolute Gasteiger partial charge is 0.461 e. The molecule has 0 saturated carbocycles. The third-order valence-electron chi connectivity index (χ3n) is 2.90. The molecule has 0 saturated heterocycles. The number of ether oxygens (including phenoxy) is 1. The Morgan fingerprint density at radius 1 is 1.14 bits per heavy atom. The van der Waals surface area contributed by atoms with Crippen molar-refractivity contribution in [2.24, 2.45) is 0 Å². The molecule has 108 valence electrons. The minimum absolute atomic E-state index is 0.0162. The van der Waals surface area contributed by atoms with E-state index in [1.54, 1.807) is 18.4 Å². The summed E-state index contributed by atoms with van der Waals surface area (Å²) >= 11 is 1.68. The third kappa shape index (κ3) is 2.80. The number of thiophene rings is 1. The van der Waals surface area contributed by atoms with E-state index in [1.165, 1.54) is 10.1 Å². The summed E-state index contributed by atoms with van der Waals surface area (Å²) in [7, 11) is 1.78. The van der Waals surface area contributed by atoms with Crippen LogP contribution in [0.15, 0.2) is 29.6 Å². The molecule has 3 rings (SSSR count). The van der Waals surface area contributed by atoms with Crippen molar-refractivity contribution in [1.29, 1.82) is 0 Å². The lowest BCUT2D eigenvalue weighted by molar-refractivity contribution is 0.222. The maximum atomic E-state index is 5.61. The van der Waals surface area contributed by atoms with Crippen molar-refractivity contribution in [3.63, 3.8) is 0 Å². The van der Waals surface area contributed by atoms with E-state index in [4.69, 9.17) is 4.74 Å². The summed E-state index contributed by atoms with van der Waals surface area (Å²) in [6.45, 7) is 3.89. The fraction of sp³-hybridized carbons (Fsp3) is 0.267. The smallest absolute Gasteiger partial charge is 0.322 e. The van der Waals surface area contributed by atoms with Crippen LogP contribution in [0.2, 0.25) is 0 Å². The van der Waals surface area contributed by atoms with E-state index in [0.717, 1.165) is 5.56 Å². The van der Waals surface area contributed by atoms with Crippen LogP contribution in [0, 0.1) is 0 Å². The number of rotatable bonds is 4. The highest BCUT2D eigenvalue weighted by molar-refractivity contribution is 7.17. The van der Waals surface area contributed by atoms with Crippen LogP contribution in [0.3, 0.4) is 0 Å². The first-order valence-corrected chi connectivity index (χ1v) is 7.62. The second-order valence-electron chi connectivity index (χ2n) is 4.83. The van der Waals surface area contributed by atoms with Gasteiger partial charge in [0.1, 0.15) is 0 Å². The summed E-state index contributed by atoms with van der Waals surface area (Å²) in [4.78, 5) is 13.1. The van der Waals surface area contributed by atoms with E-state index >= 15 is 0 Å². The first-order chi connectivity index (χ1) is 10.2. The molecule has 0 aliphatic heterocycles. The molecule has 0 unspecified atom stereocenters. The fourth-order valence-electron chi connectivity index (χ4n) is 2.02. The molecule has 6 heteroatoms. The molecule has 0 aliphatic carbocycles. The lowest BCUT2D eigenvalue weighted by Gasteiger charge is -2.10. The Morgan fingerprint density at radius 3 is 2.76 bits per heavy atom. The highest BCUT2D eigenvalue weighted by Crippen LogP contribution is 2.31. The number of aromatic nitrogens is 3. The molecule has 21 heavy (non-hydrogen) atoms. The van der Waals surface area contributed by atoms with E-state index in [9.17, 15) is 0 Å². The van der Waals surface area contributed by atoms with Crippen LogP contribution >= 0.6 is 11.3 Å². The van der Waals surface area contributed by atoms with Crippen molar-refractivity contribution in [2.45, 2.75) is 20.0 Å².